The van der Waals surface area contributed by atoms with Crippen LogP contribution in [-0.2, 0) is 0 Å². The van der Waals surface area contributed by atoms with Crippen LogP contribution < -0.4 is 43.7 Å². The van der Waals surface area contributed by atoms with Crippen molar-refractivity contribution in [2.75, 3.05) is 0 Å². The molecule has 0 aromatic heterocycles. The number of hydrogen-bond donors (Lipinski definition) is 0. The Bertz CT molecular complexity index is 767. The molecule has 0 heterocycles. The fraction of sp³-hybridized carbons (Fsp3) is 0. The van der Waals surface area contributed by atoms with Crippen LogP contribution in [0.4, 0.5) is 0 Å². The standard InChI is InChI=1S/C13H16B8Br2O/c14-3-1(4(15)8(19)11(22)7(3)18)13(24)2-5(16)9(20)12(23)10(21)6(2)17/h14-21H2. The van der Waals surface area contributed by atoms with Crippen LogP contribution in [0.15, 0.2) is 8.95 Å². The normalized spacial score (nSPS) is 10.8. The minimum Gasteiger partial charge on any atom is -0.289 e. The molecule has 0 spiro atoms. The summed E-state index contributed by atoms with van der Waals surface area (Å²) >= 11 is 7.33. The quantitative estimate of drug-likeness (QED) is 0.339. The fourth-order valence-electron chi connectivity index (χ4n) is 3.34. The molecule has 0 fully saturated rings. The van der Waals surface area contributed by atoms with Crippen molar-refractivity contribution < 1.29 is 4.79 Å². The Hall–Kier alpha value is -0.411. The molecule has 11 heteroatoms. The van der Waals surface area contributed by atoms with Gasteiger partial charge in [0.2, 0.25) is 0 Å². The van der Waals surface area contributed by atoms with Crippen LogP contribution in [0.2, 0.25) is 0 Å². The molecule has 2 aromatic carbocycles. The van der Waals surface area contributed by atoms with E-state index in [1.807, 2.05) is 31.4 Å². The van der Waals surface area contributed by atoms with E-state index in [9.17, 15) is 4.79 Å². The summed E-state index contributed by atoms with van der Waals surface area (Å²) in [6, 6.07) is 0. The van der Waals surface area contributed by atoms with E-state index >= 15 is 0 Å². The van der Waals surface area contributed by atoms with E-state index in [0.29, 0.717) is 0 Å². The first-order valence-corrected chi connectivity index (χ1v) is 9.67. The Morgan fingerprint density at radius 1 is 0.500 bits per heavy atom. The average molecular weight is 435 g/mol. The van der Waals surface area contributed by atoms with Gasteiger partial charge < -0.3 is 0 Å². The van der Waals surface area contributed by atoms with E-state index in [1.54, 1.807) is 0 Å². The fourth-order valence-corrected chi connectivity index (χ4v) is 4.53. The number of carbonyl (C=O) groups is 1. The number of halogens is 2. The summed E-state index contributed by atoms with van der Waals surface area (Å²) in [6.45, 7) is 0. The second-order valence-corrected chi connectivity index (χ2v) is 8.29. The van der Waals surface area contributed by atoms with E-state index < -0.39 is 0 Å². The summed E-state index contributed by atoms with van der Waals surface area (Å²) in [4.78, 5) is 13.5. The zero-order valence-corrected chi connectivity index (χ0v) is 18.8. The van der Waals surface area contributed by atoms with Gasteiger partial charge in [-0.25, -0.2) is 0 Å². The van der Waals surface area contributed by atoms with Gasteiger partial charge in [-0.05, 0) is 0 Å². The van der Waals surface area contributed by atoms with E-state index in [-0.39, 0.29) is 5.78 Å². The van der Waals surface area contributed by atoms with Crippen LogP contribution in [0.1, 0.15) is 15.9 Å². The minimum absolute atomic E-state index is 0.136. The molecule has 112 valence electrons. The highest BCUT2D eigenvalue weighted by molar-refractivity contribution is 9.11. The monoisotopic (exact) mass is 434 g/mol. The maximum atomic E-state index is 13.5. The molecule has 0 N–H and O–H groups in total. The van der Waals surface area contributed by atoms with E-state index in [1.165, 1.54) is 0 Å². The highest BCUT2D eigenvalue weighted by Gasteiger charge is 2.23. The zero-order valence-electron chi connectivity index (χ0n) is 15.7. The Morgan fingerprint density at radius 3 is 0.917 bits per heavy atom. The van der Waals surface area contributed by atoms with Gasteiger partial charge in [-0.2, -0.15) is 0 Å². The average Bonchev–Trinajstić information content (AvgIpc) is 2.55. The molecule has 0 atom stereocenters. The zero-order chi connectivity index (χ0) is 18.5. The molecule has 2 aromatic rings. The maximum absolute atomic E-state index is 13.5. The largest absolute Gasteiger partial charge is 0.289 e. The topological polar surface area (TPSA) is 17.1 Å². The van der Waals surface area contributed by atoms with E-state index in [0.717, 1.165) is 63.8 Å². The Balaban J connectivity index is 2.87. The van der Waals surface area contributed by atoms with Gasteiger partial charge in [0, 0.05) is 20.1 Å². The first-order valence-electron chi connectivity index (χ1n) is 8.08. The second kappa shape index (κ2) is 7.07. The molecule has 24 heavy (non-hydrogen) atoms. The lowest BCUT2D eigenvalue weighted by Crippen LogP contribution is -2.51. The highest BCUT2D eigenvalue weighted by atomic mass is 79.9. The lowest BCUT2D eigenvalue weighted by Gasteiger charge is -2.22. The van der Waals surface area contributed by atoms with Gasteiger partial charge in [-0.15, -0.1) is 0 Å². The second-order valence-electron chi connectivity index (χ2n) is 6.71. The van der Waals surface area contributed by atoms with Gasteiger partial charge in [0.1, 0.15) is 62.8 Å². The third kappa shape index (κ3) is 2.96. The number of benzene rings is 2. The van der Waals surface area contributed by atoms with Gasteiger partial charge in [0.15, 0.2) is 5.78 Å². The summed E-state index contributed by atoms with van der Waals surface area (Å²) in [5.41, 5.74) is 10.5. The molecule has 2 rings (SSSR count). The predicted octanol–water partition coefficient (Wildman–Crippen LogP) is -9.49. The van der Waals surface area contributed by atoms with Gasteiger partial charge in [-0.3, -0.25) is 4.79 Å². The number of carbonyl (C=O) groups excluding carboxylic acids is 1. The maximum Gasteiger partial charge on any atom is 0.190 e. The smallest absolute Gasteiger partial charge is 0.190 e. The van der Waals surface area contributed by atoms with Crippen molar-refractivity contribution in [2.24, 2.45) is 0 Å². The molecule has 0 amide bonds. The number of rotatable bonds is 2. The molecule has 0 aliphatic carbocycles. The lowest BCUT2D eigenvalue weighted by atomic mass is 9.62. The summed E-state index contributed by atoms with van der Waals surface area (Å²) in [6.07, 6.45) is 0. The van der Waals surface area contributed by atoms with Gasteiger partial charge in [-0.1, -0.05) is 75.6 Å². The molecule has 0 saturated heterocycles. The first-order chi connectivity index (χ1) is 11.0. The molecule has 0 bridgehead atoms. The third-order valence-electron chi connectivity index (χ3n) is 5.52. The molecule has 0 unspecified atom stereocenters. The van der Waals surface area contributed by atoms with Crippen LogP contribution >= 0.6 is 31.9 Å². The highest BCUT2D eigenvalue weighted by Crippen LogP contribution is 2.06. The van der Waals surface area contributed by atoms with Crippen LogP contribution in [-0.4, -0.2) is 68.6 Å². The Kier molecular flexibility index (Phi) is 5.87. The first kappa shape index (κ1) is 19.9. The van der Waals surface area contributed by atoms with E-state index in [2.05, 4.69) is 63.2 Å². The van der Waals surface area contributed by atoms with Crippen molar-refractivity contribution in [3.8, 4) is 0 Å². The van der Waals surface area contributed by atoms with Crippen LogP contribution in [0.3, 0.4) is 0 Å². The van der Waals surface area contributed by atoms with Crippen LogP contribution in [0, 0.1) is 0 Å². The Labute approximate surface area is 168 Å². The van der Waals surface area contributed by atoms with Crippen LogP contribution in [0.5, 0.6) is 0 Å². The molecule has 0 radical (unpaired) electrons. The summed E-state index contributed by atoms with van der Waals surface area (Å²) < 4.78 is 2.20. The van der Waals surface area contributed by atoms with Gasteiger partial charge in [0.05, 0.1) is 0 Å². The number of hydrogen-bond acceptors (Lipinski definition) is 1. The summed E-state index contributed by atoms with van der Waals surface area (Å²) in [5, 5.41) is 0. The van der Waals surface area contributed by atoms with Crippen molar-refractivity contribution in [3.05, 3.63) is 20.1 Å². The molecule has 0 saturated carbocycles. The third-order valence-corrected chi connectivity index (χ3v) is 7.90. The van der Waals surface area contributed by atoms with Crippen molar-refractivity contribution in [3.63, 3.8) is 0 Å². The lowest BCUT2D eigenvalue weighted by molar-refractivity contribution is 0.104. The van der Waals surface area contributed by atoms with Crippen LogP contribution in [0.25, 0.3) is 0 Å². The SMILES string of the molecule is Bc1c(B)c(C(=O)c2c(B)c(B)c(Br)c(B)c2B)c(B)c(B)c1Br. The molecule has 0 aliphatic heterocycles. The Morgan fingerprint density at radius 2 is 0.708 bits per heavy atom. The van der Waals surface area contributed by atoms with Crippen molar-refractivity contribution in [2.45, 2.75) is 0 Å². The number of ketones is 1. The molecule has 0 aliphatic rings. The van der Waals surface area contributed by atoms with Crippen molar-refractivity contribution in [1.82, 2.24) is 0 Å². The van der Waals surface area contributed by atoms with Gasteiger partial charge in [0.25, 0.3) is 0 Å². The van der Waals surface area contributed by atoms with Gasteiger partial charge >= 0.3 is 0 Å². The molecular formula is C13H16B8Br2O. The molecular weight excluding hydrogens is 418 g/mol. The minimum atomic E-state index is 0.136. The molecule has 1 nitrogen and oxygen atoms in total. The predicted molar refractivity (Wildman–Crippen MR) is 137 cm³/mol. The van der Waals surface area contributed by atoms with Crippen molar-refractivity contribution in [1.29, 1.82) is 0 Å². The summed E-state index contributed by atoms with van der Waals surface area (Å²) in [7, 11) is 16.5. The summed E-state index contributed by atoms with van der Waals surface area (Å²) in [5.74, 6) is 0.136. The van der Waals surface area contributed by atoms with Crippen molar-refractivity contribution >= 4 is 144 Å². The van der Waals surface area contributed by atoms with E-state index in [4.69, 9.17) is 0 Å².